The first-order valence-electron chi connectivity index (χ1n) is 7.30. The van der Waals surface area contributed by atoms with Crippen LogP contribution in [0.5, 0.6) is 0 Å². The molecule has 0 aromatic carbocycles. The van der Waals surface area contributed by atoms with Gasteiger partial charge in [-0.25, -0.2) is 0 Å². The zero-order chi connectivity index (χ0) is 13.5. The van der Waals surface area contributed by atoms with Crippen molar-refractivity contribution in [3.05, 3.63) is 0 Å². The van der Waals surface area contributed by atoms with E-state index in [0.29, 0.717) is 31.5 Å². The van der Waals surface area contributed by atoms with Crippen LogP contribution in [-0.4, -0.2) is 17.5 Å². The molecule has 104 valence electrons. The number of aliphatic hydroxyl groups is 1. The van der Waals surface area contributed by atoms with Gasteiger partial charge in [-0.1, -0.05) is 38.5 Å². The number of Topliss-reactive ketones (excluding diaryl/α,β-unsaturated/α-hetero) is 1. The number of unbranched alkanes of at least 4 members (excludes halogenated alkanes) is 8. The number of aliphatic hydroxyl groups excluding tert-OH is 1. The molecule has 0 spiro atoms. The molecule has 0 saturated heterocycles. The summed E-state index contributed by atoms with van der Waals surface area (Å²) in [6.45, 7) is 0.123. The van der Waals surface area contributed by atoms with Gasteiger partial charge in [-0.2, -0.15) is 5.26 Å². The fourth-order valence-electron chi connectivity index (χ4n) is 1.99. The van der Waals surface area contributed by atoms with Gasteiger partial charge < -0.3 is 5.11 Å². The van der Waals surface area contributed by atoms with Gasteiger partial charge in [-0.3, -0.25) is 4.79 Å². The Hall–Kier alpha value is -0.880. The largest absolute Gasteiger partial charge is 0.396 e. The molecular formula is C15H27NO2. The number of carbonyl (C=O) groups is 1. The summed E-state index contributed by atoms with van der Waals surface area (Å²) in [5, 5.41) is 17.0. The molecule has 0 atom stereocenters. The third-order valence-electron chi connectivity index (χ3n) is 3.11. The van der Waals surface area contributed by atoms with Crippen LogP contribution >= 0.6 is 0 Å². The third-order valence-corrected chi connectivity index (χ3v) is 3.11. The summed E-state index contributed by atoms with van der Waals surface area (Å²) >= 11 is 0. The Bertz CT molecular complexity index is 233. The molecule has 0 aliphatic rings. The molecule has 0 saturated carbocycles. The number of hydrogen-bond acceptors (Lipinski definition) is 3. The first-order chi connectivity index (χ1) is 8.81. The lowest BCUT2D eigenvalue weighted by molar-refractivity contribution is -0.119. The van der Waals surface area contributed by atoms with Crippen LogP contribution in [0.1, 0.15) is 77.0 Å². The number of ketones is 1. The van der Waals surface area contributed by atoms with Gasteiger partial charge >= 0.3 is 0 Å². The molecule has 0 radical (unpaired) electrons. The van der Waals surface area contributed by atoms with Crippen molar-refractivity contribution in [1.29, 1.82) is 5.26 Å². The number of rotatable bonds is 13. The van der Waals surface area contributed by atoms with Crippen molar-refractivity contribution >= 4 is 5.78 Å². The summed E-state index contributed by atoms with van der Waals surface area (Å²) in [6.07, 6.45) is 11.8. The Morgan fingerprint density at radius 2 is 1.33 bits per heavy atom. The normalized spacial score (nSPS) is 10.2. The van der Waals surface area contributed by atoms with Crippen molar-refractivity contribution in [3.63, 3.8) is 0 Å². The second-order valence-electron chi connectivity index (χ2n) is 4.85. The van der Waals surface area contributed by atoms with E-state index in [1.54, 1.807) is 0 Å². The molecule has 0 aliphatic carbocycles. The topological polar surface area (TPSA) is 61.1 Å². The fraction of sp³-hybridized carbons (Fsp3) is 0.867. The van der Waals surface area contributed by atoms with Crippen LogP contribution in [0.3, 0.4) is 0 Å². The molecule has 0 unspecified atom stereocenters. The SMILES string of the molecule is N#CCCCCCCCCCCC(=O)CCCO. The highest BCUT2D eigenvalue weighted by Gasteiger charge is 2.00. The van der Waals surface area contributed by atoms with Gasteiger partial charge in [0.05, 0.1) is 6.07 Å². The van der Waals surface area contributed by atoms with Crippen molar-refractivity contribution in [1.82, 2.24) is 0 Å². The summed E-state index contributed by atoms with van der Waals surface area (Å²) in [5.41, 5.74) is 0. The second kappa shape index (κ2) is 14.2. The fourth-order valence-corrected chi connectivity index (χ4v) is 1.99. The minimum atomic E-state index is 0.123. The number of nitrogens with zero attached hydrogens (tertiary/aromatic N) is 1. The lowest BCUT2D eigenvalue weighted by Gasteiger charge is -2.01. The predicted molar refractivity (Wildman–Crippen MR) is 73.1 cm³/mol. The van der Waals surface area contributed by atoms with Crippen LogP contribution in [0.25, 0.3) is 0 Å². The van der Waals surface area contributed by atoms with Crippen LogP contribution in [0, 0.1) is 11.3 Å². The molecule has 0 aromatic heterocycles. The molecule has 0 rings (SSSR count). The van der Waals surface area contributed by atoms with E-state index in [1.807, 2.05) is 0 Å². The maximum Gasteiger partial charge on any atom is 0.132 e. The molecule has 3 heteroatoms. The van der Waals surface area contributed by atoms with Crippen LogP contribution in [0.15, 0.2) is 0 Å². The summed E-state index contributed by atoms with van der Waals surface area (Å²) in [4.78, 5) is 11.3. The number of nitriles is 1. The lowest BCUT2D eigenvalue weighted by Crippen LogP contribution is -1.99. The quantitative estimate of drug-likeness (QED) is 0.508. The van der Waals surface area contributed by atoms with E-state index < -0.39 is 0 Å². The third kappa shape index (κ3) is 13.2. The van der Waals surface area contributed by atoms with E-state index in [1.165, 1.54) is 32.1 Å². The second-order valence-corrected chi connectivity index (χ2v) is 4.85. The van der Waals surface area contributed by atoms with E-state index in [9.17, 15) is 4.79 Å². The number of hydrogen-bond donors (Lipinski definition) is 1. The Morgan fingerprint density at radius 3 is 1.89 bits per heavy atom. The van der Waals surface area contributed by atoms with Crippen molar-refractivity contribution in [2.45, 2.75) is 77.0 Å². The van der Waals surface area contributed by atoms with Gasteiger partial charge in [-0.05, 0) is 19.3 Å². The van der Waals surface area contributed by atoms with Crippen molar-refractivity contribution < 1.29 is 9.90 Å². The molecule has 0 bridgehead atoms. The van der Waals surface area contributed by atoms with Gasteiger partial charge in [0.2, 0.25) is 0 Å². The van der Waals surface area contributed by atoms with Gasteiger partial charge in [-0.15, -0.1) is 0 Å². The Labute approximate surface area is 111 Å². The van der Waals surface area contributed by atoms with Crippen molar-refractivity contribution in [3.8, 4) is 6.07 Å². The van der Waals surface area contributed by atoms with Crippen LogP contribution in [0.2, 0.25) is 0 Å². The van der Waals surface area contributed by atoms with Gasteiger partial charge in [0.25, 0.3) is 0 Å². The molecule has 0 heterocycles. The Balaban J connectivity index is 3.07. The monoisotopic (exact) mass is 253 g/mol. The number of carbonyl (C=O) groups excluding carboxylic acids is 1. The molecule has 0 amide bonds. The van der Waals surface area contributed by atoms with Gasteiger partial charge in [0.15, 0.2) is 0 Å². The van der Waals surface area contributed by atoms with E-state index in [-0.39, 0.29) is 6.61 Å². The highest BCUT2D eigenvalue weighted by atomic mass is 16.3. The maximum absolute atomic E-state index is 11.3. The first-order valence-corrected chi connectivity index (χ1v) is 7.30. The van der Waals surface area contributed by atoms with E-state index in [2.05, 4.69) is 6.07 Å². The van der Waals surface area contributed by atoms with E-state index in [4.69, 9.17) is 10.4 Å². The lowest BCUT2D eigenvalue weighted by atomic mass is 10.0. The highest BCUT2D eigenvalue weighted by molar-refractivity contribution is 5.78. The van der Waals surface area contributed by atoms with Gasteiger partial charge in [0.1, 0.15) is 5.78 Å². The first kappa shape index (κ1) is 17.1. The summed E-state index contributed by atoms with van der Waals surface area (Å²) < 4.78 is 0. The molecule has 0 aliphatic heterocycles. The predicted octanol–water partition coefficient (Wildman–Crippen LogP) is 3.75. The summed E-state index contributed by atoms with van der Waals surface area (Å²) in [5.74, 6) is 0.292. The van der Waals surface area contributed by atoms with Gasteiger partial charge in [0, 0.05) is 25.9 Å². The Morgan fingerprint density at radius 1 is 0.833 bits per heavy atom. The maximum atomic E-state index is 11.3. The molecule has 0 aromatic rings. The summed E-state index contributed by atoms with van der Waals surface area (Å²) in [7, 11) is 0. The minimum Gasteiger partial charge on any atom is -0.396 e. The Kier molecular flexibility index (Phi) is 13.5. The smallest absolute Gasteiger partial charge is 0.132 e. The average Bonchev–Trinajstić information content (AvgIpc) is 2.38. The molecule has 1 N–H and O–H groups in total. The van der Waals surface area contributed by atoms with E-state index in [0.717, 1.165) is 19.3 Å². The van der Waals surface area contributed by atoms with Crippen LogP contribution in [-0.2, 0) is 4.79 Å². The molecule has 0 fully saturated rings. The zero-order valence-corrected chi connectivity index (χ0v) is 11.5. The molecular weight excluding hydrogens is 226 g/mol. The highest BCUT2D eigenvalue weighted by Crippen LogP contribution is 2.11. The van der Waals surface area contributed by atoms with Crippen LogP contribution in [0.4, 0.5) is 0 Å². The minimum absolute atomic E-state index is 0.123. The standard InChI is InChI=1S/C15H27NO2/c16-13-9-7-5-3-1-2-4-6-8-11-15(18)12-10-14-17/h17H,1-12,14H2. The molecule has 18 heavy (non-hydrogen) atoms. The zero-order valence-electron chi connectivity index (χ0n) is 11.5. The van der Waals surface area contributed by atoms with Crippen LogP contribution < -0.4 is 0 Å². The van der Waals surface area contributed by atoms with Crippen molar-refractivity contribution in [2.24, 2.45) is 0 Å². The average molecular weight is 253 g/mol. The van der Waals surface area contributed by atoms with Crippen molar-refractivity contribution in [2.75, 3.05) is 6.61 Å². The van der Waals surface area contributed by atoms with E-state index >= 15 is 0 Å². The molecule has 3 nitrogen and oxygen atoms in total. The summed E-state index contributed by atoms with van der Waals surface area (Å²) in [6, 6.07) is 2.16.